The van der Waals surface area contributed by atoms with Gasteiger partial charge in [0, 0.05) is 25.7 Å². The summed E-state index contributed by atoms with van der Waals surface area (Å²) < 4.78 is 0. The molecule has 1 heterocycles. The highest BCUT2D eigenvalue weighted by Gasteiger charge is 2.26. The Morgan fingerprint density at radius 2 is 1.82 bits per heavy atom. The number of nitrogens with zero attached hydrogens (tertiary/aromatic N) is 2. The van der Waals surface area contributed by atoms with Gasteiger partial charge in [-0.25, -0.2) is 0 Å². The second-order valence-electron chi connectivity index (χ2n) is 6.43. The Balaban J connectivity index is 2.48. The van der Waals surface area contributed by atoms with Gasteiger partial charge < -0.3 is 15.1 Å². The third kappa shape index (κ3) is 5.36. The minimum atomic E-state index is 0.341. The average Bonchev–Trinajstić information content (AvgIpc) is 2.42. The molecule has 1 N–H and O–H groups in total. The van der Waals surface area contributed by atoms with Crippen molar-refractivity contribution in [3.05, 3.63) is 0 Å². The SMILES string of the molecule is CCNC(CN1CCCN(C)CC1)C(C)(C)C. The van der Waals surface area contributed by atoms with Crippen LogP contribution in [-0.4, -0.2) is 62.2 Å². The molecular formula is C14H31N3. The van der Waals surface area contributed by atoms with Crippen molar-refractivity contribution in [2.24, 2.45) is 5.41 Å². The van der Waals surface area contributed by atoms with Crippen molar-refractivity contribution in [2.75, 3.05) is 46.3 Å². The number of hydrogen-bond acceptors (Lipinski definition) is 3. The minimum Gasteiger partial charge on any atom is -0.312 e. The maximum Gasteiger partial charge on any atom is 0.0243 e. The summed E-state index contributed by atoms with van der Waals surface area (Å²) in [6.07, 6.45) is 1.31. The monoisotopic (exact) mass is 241 g/mol. The largest absolute Gasteiger partial charge is 0.312 e. The summed E-state index contributed by atoms with van der Waals surface area (Å²) in [6.45, 7) is 16.4. The van der Waals surface area contributed by atoms with Crippen molar-refractivity contribution in [1.82, 2.24) is 15.1 Å². The molecule has 1 saturated heterocycles. The summed E-state index contributed by atoms with van der Waals surface area (Å²) in [5.74, 6) is 0. The zero-order chi connectivity index (χ0) is 12.9. The zero-order valence-corrected chi connectivity index (χ0v) is 12.4. The molecule has 1 atom stereocenters. The van der Waals surface area contributed by atoms with E-state index in [0.717, 1.165) is 6.54 Å². The van der Waals surface area contributed by atoms with E-state index in [1.54, 1.807) is 0 Å². The lowest BCUT2D eigenvalue weighted by Gasteiger charge is -2.35. The van der Waals surface area contributed by atoms with Crippen LogP contribution in [0.1, 0.15) is 34.1 Å². The van der Waals surface area contributed by atoms with Gasteiger partial charge in [-0.3, -0.25) is 0 Å². The van der Waals surface area contributed by atoms with Gasteiger partial charge in [0.1, 0.15) is 0 Å². The van der Waals surface area contributed by atoms with E-state index in [1.165, 1.54) is 39.1 Å². The second-order valence-corrected chi connectivity index (χ2v) is 6.43. The van der Waals surface area contributed by atoms with E-state index >= 15 is 0 Å². The van der Waals surface area contributed by atoms with Crippen LogP contribution in [0.5, 0.6) is 0 Å². The average molecular weight is 241 g/mol. The summed E-state index contributed by atoms with van der Waals surface area (Å²) in [7, 11) is 2.23. The first-order valence-electron chi connectivity index (χ1n) is 7.07. The van der Waals surface area contributed by atoms with E-state index < -0.39 is 0 Å². The first-order chi connectivity index (χ1) is 7.93. The van der Waals surface area contributed by atoms with Crippen LogP contribution in [0, 0.1) is 5.41 Å². The lowest BCUT2D eigenvalue weighted by atomic mass is 9.86. The lowest BCUT2D eigenvalue weighted by Crippen LogP contribution is -2.49. The highest BCUT2D eigenvalue weighted by molar-refractivity contribution is 4.84. The Kier molecular flexibility index (Phi) is 5.90. The molecule has 0 aromatic rings. The van der Waals surface area contributed by atoms with Crippen molar-refractivity contribution in [3.63, 3.8) is 0 Å². The van der Waals surface area contributed by atoms with Crippen LogP contribution >= 0.6 is 0 Å². The fourth-order valence-electron chi connectivity index (χ4n) is 2.43. The molecule has 1 unspecified atom stereocenters. The van der Waals surface area contributed by atoms with Gasteiger partial charge >= 0.3 is 0 Å². The molecular weight excluding hydrogens is 210 g/mol. The molecule has 0 amide bonds. The van der Waals surface area contributed by atoms with Crippen LogP contribution in [0.25, 0.3) is 0 Å². The first-order valence-corrected chi connectivity index (χ1v) is 7.07. The van der Waals surface area contributed by atoms with Crippen molar-refractivity contribution in [2.45, 2.75) is 40.2 Å². The smallest absolute Gasteiger partial charge is 0.0243 e. The number of nitrogens with one attached hydrogen (secondary N) is 1. The summed E-state index contributed by atoms with van der Waals surface area (Å²) in [4.78, 5) is 5.07. The van der Waals surface area contributed by atoms with Crippen LogP contribution in [0.3, 0.4) is 0 Å². The van der Waals surface area contributed by atoms with Crippen LogP contribution in [0.2, 0.25) is 0 Å². The molecule has 0 aromatic carbocycles. The highest BCUT2D eigenvalue weighted by atomic mass is 15.2. The molecule has 102 valence electrons. The molecule has 0 aliphatic carbocycles. The Morgan fingerprint density at radius 3 is 2.41 bits per heavy atom. The standard InChI is InChI=1S/C14H31N3/c1-6-15-13(14(2,3)4)12-17-9-7-8-16(5)10-11-17/h13,15H,6-12H2,1-5H3. The van der Waals surface area contributed by atoms with Gasteiger partial charge in [0.15, 0.2) is 0 Å². The summed E-state index contributed by atoms with van der Waals surface area (Å²) >= 11 is 0. The van der Waals surface area contributed by atoms with Crippen molar-refractivity contribution in [1.29, 1.82) is 0 Å². The summed E-state index contributed by atoms with van der Waals surface area (Å²) in [6, 6.07) is 0.593. The molecule has 0 spiro atoms. The normalized spacial score (nSPS) is 22.4. The lowest BCUT2D eigenvalue weighted by molar-refractivity contribution is 0.177. The zero-order valence-electron chi connectivity index (χ0n) is 12.4. The van der Waals surface area contributed by atoms with Gasteiger partial charge in [-0.05, 0) is 38.5 Å². The quantitative estimate of drug-likeness (QED) is 0.807. The van der Waals surface area contributed by atoms with E-state index in [-0.39, 0.29) is 0 Å². The molecule has 3 nitrogen and oxygen atoms in total. The Hall–Kier alpha value is -0.120. The Morgan fingerprint density at radius 1 is 1.12 bits per heavy atom. The van der Waals surface area contributed by atoms with Crippen LogP contribution in [-0.2, 0) is 0 Å². The van der Waals surface area contributed by atoms with E-state index in [0.29, 0.717) is 11.5 Å². The molecule has 0 saturated carbocycles. The second kappa shape index (κ2) is 6.72. The van der Waals surface area contributed by atoms with Crippen LogP contribution in [0.15, 0.2) is 0 Å². The third-order valence-electron chi connectivity index (χ3n) is 3.75. The summed E-state index contributed by atoms with van der Waals surface area (Å²) in [5.41, 5.74) is 0.341. The minimum absolute atomic E-state index is 0.341. The third-order valence-corrected chi connectivity index (χ3v) is 3.75. The molecule has 1 rings (SSSR count). The molecule has 0 radical (unpaired) electrons. The fourth-order valence-corrected chi connectivity index (χ4v) is 2.43. The molecule has 0 aromatic heterocycles. The Labute approximate surface area is 108 Å². The van der Waals surface area contributed by atoms with Gasteiger partial charge in [0.2, 0.25) is 0 Å². The van der Waals surface area contributed by atoms with E-state index in [4.69, 9.17) is 0 Å². The van der Waals surface area contributed by atoms with E-state index in [1.807, 2.05) is 0 Å². The van der Waals surface area contributed by atoms with Gasteiger partial charge in [0.25, 0.3) is 0 Å². The fraction of sp³-hybridized carbons (Fsp3) is 1.00. The predicted molar refractivity (Wildman–Crippen MR) is 75.5 cm³/mol. The number of likely N-dealkylation sites (N-methyl/N-ethyl adjacent to an activating group) is 2. The molecule has 3 heteroatoms. The molecule has 1 aliphatic heterocycles. The first kappa shape index (κ1) is 14.9. The summed E-state index contributed by atoms with van der Waals surface area (Å²) in [5, 5.41) is 3.65. The topological polar surface area (TPSA) is 18.5 Å². The molecule has 17 heavy (non-hydrogen) atoms. The van der Waals surface area contributed by atoms with Gasteiger partial charge in [-0.15, -0.1) is 0 Å². The Bertz CT molecular complexity index is 210. The maximum atomic E-state index is 3.65. The highest BCUT2D eigenvalue weighted by Crippen LogP contribution is 2.20. The molecule has 1 fully saturated rings. The van der Waals surface area contributed by atoms with Crippen molar-refractivity contribution >= 4 is 0 Å². The van der Waals surface area contributed by atoms with Gasteiger partial charge in [-0.1, -0.05) is 27.7 Å². The maximum absolute atomic E-state index is 3.65. The molecule has 1 aliphatic rings. The van der Waals surface area contributed by atoms with Gasteiger partial charge in [0.05, 0.1) is 0 Å². The van der Waals surface area contributed by atoms with E-state index in [9.17, 15) is 0 Å². The van der Waals surface area contributed by atoms with Crippen molar-refractivity contribution in [3.8, 4) is 0 Å². The van der Waals surface area contributed by atoms with Gasteiger partial charge in [-0.2, -0.15) is 0 Å². The number of hydrogen-bond donors (Lipinski definition) is 1. The van der Waals surface area contributed by atoms with Crippen LogP contribution in [0.4, 0.5) is 0 Å². The van der Waals surface area contributed by atoms with Crippen molar-refractivity contribution < 1.29 is 0 Å². The van der Waals surface area contributed by atoms with Crippen LogP contribution < -0.4 is 5.32 Å². The predicted octanol–water partition coefficient (Wildman–Crippen LogP) is 1.65. The molecule has 0 bridgehead atoms. The number of rotatable bonds is 4. The van der Waals surface area contributed by atoms with E-state index in [2.05, 4.69) is 49.9 Å².